The summed E-state index contributed by atoms with van der Waals surface area (Å²) in [7, 11) is 0. The smallest absolute Gasteiger partial charge is 0.169 e. The van der Waals surface area contributed by atoms with Crippen molar-refractivity contribution in [3.05, 3.63) is 22.6 Å². The molecule has 0 bridgehead atoms. The van der Waals surface area contributed by atoms with Crippen LogP contribution in [0.5, 0.6) is 0 Å². The molecule has 1 aromatic heterocycles. The van der Waals surface area contributed by atoms with Gasteiger partial charge in [0.15, 0.2) is 4.67 Å². The predicted octanol–water partition coefficient (Wildman–Crippen LogP) is 3.49. The molecular formula is C11H15BrClNO. The van der Waals surface area contributed by atoms with E-state index >= 15 is 0 Å². The fraction of sp³-hybridized carbons (Fsp3) is 0.636. The lowest BCUT2D eigenvalue weighted by Gasteiger charge is -2.33. The third-order valence-corrected chi connectivity index (χ3v) is 3.95. The van der Waals surface area contributed by atoms with E-state index in [0.29, 0.717) is 5.92 Å². The van der Waals surface area contributed by atoms with Crippen LogP contribution < -0.4 is 0 Å². The van der Waals surface area contributed by atoms with Gasteiger partial charge in [0.25, 0.3) is 0 Å². The molecule has 2 heterocycles. The molecule has 4 heteroatoms. The molecule has 1 aromatic rings. The van der Waals surface area contributed by atoms with Crippen LogP contribution in [0, 0.1) is 5.92 Å². The number of furan rings is 1. The lowest BCUT2D eigenvalue weighted by Crippen LogP contribution is -2.39. The van der Waals surface area contributed by atoms with Crippen molar-refractivity contribution < 1.29 is 4.42 Å². The molecule has 1 aliphatic heterocycles. The Kier molecular flexibility index (Phi) is 3.75. The SMILES string of the molecule is CC1CCN(Cc2ccc(Br)o2)CC1Cl. The average Bonchev–Trinajstić information content (AvgIpc) is 2.58. The second-order valence-corrected chi connectivity index (χ2v) is 5.57. The van der Waals surface area contributed by atoms with Crippen LogP contribution in [0.15, 0.2) is 21.2 Å². The van der Waals surface area contributed by atoms with Gasteiger partial charge in [-0.1, -0.05) is 6.92 Å². The number of rotatable bonds is 2. The van der Waals surface area contributed by atoms with E-state index in [9.17, 15) is 0 Å². The van der Waals surface area contributed by atoms with Crippen molar-refractivity contribution in [2.45, 2.75) is 25.3 Å². The first-order valence-electron chi connectivity index (χ1n) is 5.26. The van der Waals surface area contributed by atoms with Crippen LogP contribution >= 0.6 is 27.5 Å². The Morgan fingerprint density at radius 2 is 2.40 bits per heavy atom. The second kappa shape index (κ2) is 4.89. The van der Waals surface area contributed by atoms with Gasteiger partial charge in [-0.15, -0.1) is 11.6 Å². The molecule has 2 rings (SSSR count). The molecule has 2 unspecified atom stereocenters. The topological polar surface area (TPSA) is 16.4 Å². The summed E-state index contributed by atoms with van der Waals surface area (Å²) in [4.78, 5) is 2.35. The largest absolute Gasteiger partial charge is 0.453 e. The van der Waals surface area contributed by atoms with E-state index < -0.39 is 0 Å². The van der Waals surface area contributed by atoms with Crippen molar-refractivity contribution in [1.29, 1.82) is 0 Å². The normalized spacial score (nSPS) is 28.2. The Balaban J connectivity index is 1.90. The zero-order chi connectivity index (χ0) is 10.8. The zero-order valence-electron chi connectivity index (χ0n) is 8.75. The molecule has 0 aromatic carbocycles. The van der Waals surface area contributed by atoms with Crippen LogP contribution in [-0.4, -0.2) is 23.4 Å². The quantitative estimate of drug-likeness (QED) is 0.776. The van der Waals surface area contributed by atoms with Gasteiger partial charge in [0, 0.05) is 11.9 Å². The van der Waals surface area contributed by atoms with Crippen LogP contribution in [0.4, 0.5) is 0 Å². The minimum atomic E-state index is 0.275. The van der Waals surface area contributed by atoms with Gasteiger partial charge in [-0.2, -0.15) is 0 Å². The number of alkyl halides is 1. The summed E-state index contributed by atoms with van der Waals surface area (Å²) in [5, 5.41) is 0.275. The van der Waals surface area contributed by atoms with Crippen LogP contribution in [-0.2, 0) is 6.54 Å². The zero-order valence-corrected chi connectivity index (χ0v) is 11.1. The Morgan fingerprint density at radius 1 is 1.60 bits per heavy atom. The summed E-state index contributed by atoms with van der Waals surface area (Å²) >= 11 is 9.56. The maximum atomic E-state index is 6.25. The summed E-state index contributed by atoms with van der Waals surface area (Å²) < 4.78 is 6.28. The van der Waals surface area contributed by atoms with Gasteiger partial charge in [0.1, 0.15) is 5.76 Å². The average molecular weight is 293 g/mol. The van der Waals surface area contributed by atoms with Gasteiger partial charge in [0.2, 0.25) is 0 Å². The summed E-state index contributed by atoms with van der Waals surface area (Å²) in [5.41, 5.74) is 0. The molecule has 2 atom stereocenters. The number of hydrogen-bond donors (Lipinski definition) is 0. The molecule has 0 spiro atoms. The minimum absolute atomic E-state index is 0.275. The molecule has 2 nitrogen and oxygen atoms in total. The highest BCUT2D eigenvalue weighted by Crippen LogP contribution is 2.24. The van der Waals surface area contributed by atoms with E-state index in [2.05, 4.69) is 27.8 Å². The number of nitrogens with zero attached hydrogens (tertiary/aromatic N) is 1. The summed E-state index contributed by atoms with van der Waals surface area (Å²) in [5.74, 6) is 1.63. The van der Waals surface area contributed by atoms with Gasteiger partial charge in [-0.05, 0) is 46.9 Å². The van der Waals surface area contributed by atoms with Gasteiger partial charge in [-0.25, -0.2) is 0 Å². The molecule has 0 amide bonds. The number of hydrogen-bond acceptors (Lipinski definition) is 2. The Morgan fingerprint density at radius 3 is 3.00 bits per heavy atom. The van der Waals surface area contributed by atoms with E-state index in [1.165, 1.54) is 6.42 Å². The molecule has 0 aliphatic carbocycles. The van der Waals surface area contributed by atoms with Crippen molar-refractivity contribution in [2.75, 3.05) is 13.1 Å². The fourth-order valence-electron chi connectivity index (χ4n) is 1.89. The van der Waals surface area contributed by atoms with E-state index in [1.54, 1.807) is 0 Å². The second-order valence-electron chi connectivity index (χ2n) is 4.22. The van der Waals surface area contributed by atoms with E-state index in [4.69, 9.17) is 16.0 Å². The van der Waals surface area contributed by atoms with E-state index in [-0.39, 0.29) is 5.38 Å². The lowest BCUT2D eigenvalue weighted by molar-refractivity contribution is 0.176. The number of likely N-dealkylation sites (tertiary alicyclic amines) is 1. The summed E-state index contributed by atoms with van der Waals surface area (Å²) in [6.07, 6.45) is 1.18. The van der Waals surface area contributed by atoms with Gasteiger partial charge >= 0.3 is 0 Å². The maximum absolute atomic E-state index is 6.25. The summed E-state index contributed by atoms with van der Waals surface area (Å²) in [6, 6.07) is 3.94. The molecule has 0 radical (unpaired) electrons. The first-order chi connectivity index (χ1) is 7.15. The van der Waals surface area contributed by atoms with Crippen LogP contribution in [0.3, 0.4) is 0 Å². The highest BCUT2D eigenvalue weighted by Gasteiger charge is 2.24. The Bertz CT molecular complexity index is 328. The first kappa shape index (κ1) is 11.5. The maximum Gasteiger partial charge on any atom is 0.169 e. The van der Waals surface area contributed by atoms with Gasteiger partial charge in [0.05, 0.1) is 6.54 Å². The highest BCUT2D eigenvalue weighted by atomic mass is 79.9. The van der Waals surface area contributed by atoms with Crippen LogP contribution in [0.25, 0.3) is 0 Å². The molecular weight excluding hydrogens is 277 g/mol. The number of piperidine rings is 1. The van der Waals surface area contributed by atoms with Crippen LogP contribution in [0.2, 0.25) is 0 Å². The standard InChI is InChI=1S/C11H15BrClNO/c1-8-4-5-14(7-10(8)13)6-9-2-3-11(12)15-9/h2-3,8,10H,4-7H2,1H3. The highest BCUT2D eigenvalue weighted by molar-refractivity contribution is 9.10. The van der Waals surface area contributed by atoms with Gasteiger partial charge in [-0.3, -0.25) is 4.90 Å². The van der Waals surface area contributed by atoms with Crippen molar-refractivity contribution in [3.8, 4) is 0 Å². The van der Waals surface area contributed by atoms with Crippen molar-refractivity contribution >= 4 is 27.5 Å². The Labute approximate surface area is 104 Å². The monoisotopic (exact) mass is 291 g/mol. The lowest BCUT2D eigenvalue weighted by atomic mass is 9.98. The van der Waals surface area contributed by atoms with Crippen molar-refractivity contribution in [1.82, 2.24) is 4.90 Å². The van der Waals surface area contributed by atoms with Crippen molar-refractivity contribution in [3.63, 3.8) is 0 Å². The third-order valence-electron chi connectivity index (χ3n) is 2.96. The number of halogens is 2. The van der Waals surface area contributed by atoms with Crippen molar-refractivity contribution in [2.24, 2.45) is 5.92 Å². The molecule has 1 fully saturated rings. The summed E-state index contributed by atoms with van der Waals surface area (Å²) in [6.45, 7) is 5.16. The molecule has 1 saturated heterocycles. The molecule has 84 valence electrons. The molecule has 0 saturated carbocycles. The van der Waals surface area contributed by atoms with Crippen LogP contribution in [0.1, 0.15) is 19.1 Å². The van der Waals surface area contributed by atoms with E-state index in [1.807, 2.05) is 12.1 Å². The molecule has 0 N–H and O–H groups in total. The van der Waals surface area contributed by atoms with Gasteiger partial charge < -0.3 is 4.42 Å². The fourth-order valence-corrected chi connectivity index (χ4v) is 2.55. The molecule has 15 heavy (non-hydrogen) atoms. The Hall–Kier alpha value is 0.01000. The van der Waals surface area contributed by atoms with E-state index in [0.717, 1.165) is 30.1 Å². The third kappa shape index (κ3) is 2.99. The first-order valence-corrected chi connectivity index (χ1v) is 6.48. The predicted molar refractivity (Wildman–Crippen MR) is 65.1 cm³/mol. The molecule has 1 aliphatic rings. The minimum Gasteiger partial charge on any atom is -0.453 e.